The highest BCUT2D eigenvalue weighted by atomic mass is 32.1. The van der Waals surface area contributed by atoms with Crippen LogP contribution in [0.15, 0.2) is 36.4 Å². The normalized spacial score (nSPS) is 15.0. The van der Waals surface area contributed by atoms with Gasteiger partial charge in [0, 0.05) is 39.3 Å². The zero-order valence-electron chi connectivity index (χ0n) is 16.8. The molecule has 2 heterocycles. The molecule has 30 heavy (non-hydrogen) atoms. The van der Waals surface area contributed by atoms with Gasteiger partial charge in [0.05, 0.1) is 10.2 Å². The van der Waals surface area contributed by atoms with Crippen molar-refractivity contribution in [2.45, 2.75) is 13.3 Å². The SMILES string of the molecule is CCc1cccc2sc(N3CCN(CCNC(=O)c4c(F)cccc4F)CC3)nc12. The molecule has 0 radical (unpaired) electrons. The molecule has 1 aromatic heterocycles. The van der Waals surface area contributed by atoms with Crippen LogP contribution >= 0.6 is 11.3 Å². The van der Waals surface area contributed by atoms with Crippen molar-refractivity contribution < 1.29 is 13.6 Å². The van der Waals surface area contributed by atoms with E-state index >= 15 is 0 Å². The van der Waals surface area contributed by atoms with Crippen LogP contribution in [0, 0.1) is 11.6 Å². The summed E-state index contributed by atoms with van der Waals surface area (Å²) >= 11 is 1.72. The first-order chi connectivity index (χ1) is 14.6. The maximum atomic E-state index is 13.7. The number of carbonyl (C=O) groups is 1. The molecule has 0 aliphatic carbocycles. The molecule has 5 nitrogen and oxygen atoms in total. The number of hydrogen-bond donors (Lipinski definition) is 1. The maximum Gasteiger partial charge on any atom is 0.257 e. The van der Waals surface area contributed by atoms with Gasteiger partial charge in [-0.3, -0.25) is 9.69 Å². The molecule has 8 heteroatoms. The number of rotatable bonds is 6. The van der Waals surface area contributed by atoms with Gasteiger partial charge in [-0.05, 0) is 30.2 Å². The topological polar surface area (TPSA) is 48.5 Å². The number of anilines is 1. The smallest absolute Gasteiger partial charge is 0.257 e. The number of nitrogens with one attached hydrogen (secondary N) is 1. The van der Waals surface area contributed by atoms with E-state index in [-0.39, 0.29) is 0 Å². The zero-order valence-corrected chi connectivity index (χ0v) is 17.6. The predicted molar refractivity (Wildman–Crippen MR) is 116 cm³/mol. The van der Waals surface area contributed by atoms with Crippen molar-refractivity contribution in [1.29, 1.82) is 0 Å². The summed E-state index contributed by atoms with van der Waals surface area (Å²) in [5.74, 6) is -2.41. The summed E-state index contributed by atoms with van der Waals surface area (Å²) in [6.45, 7) is 6.53. The van der Waals surface area contributed by atoms with Gasteiger partial charge >= 0.3 is 0 Å². The lowest BCUT2D eigenvalue weighted by molar-refractivity contribution is 0.0939. The van der Waals surface area contributed by atoms with E-state index in [1.54, 1.807) is 11.3 Å². The Morgan fingerprint density at radius 1 is 1.10 bits per heavy atom. The number of thiazole rings is 1. The number of aryl methyl sites for hydroxylation is 1. The maximum absolute atomic E-state index is 13.7. The fraction of sp³-hybridized carbons (Fsp3) is 0.364. The van der Waals surface area contributed by atoms with Gasteiger partial charge in [-0.2, -0.15) is 0 Å². The Kier molecular flexibility index (Phi) is 6.24. The van der Waals surface area contributed by atoms with Crippen LogP contribution in [0.25, 0.3) is 10.2 Å². The summed E-state index contributed by atoms with van der Waals surface area (Å²) in [6, 6.07) is 9.75. The van der Waals surface area contributed by atoms with E-state index in [1.165, 1.54) is 16.3 Å². The fourth-order valence-corrected chi connectivity index (χ4v) is 4.77. The van der Waals surface area contributed by atoms with Crippen LogP contribution in [-0.2, 0) is 6.42 Å². The quantitative estimate of drug-likeness (QED) is 0.648. The second-order valence-electron chi connectivity index (χ2n) is 7.30. The standard InChI is InChI=1S/C22H24F2N4OS/c1-2-15-5-3-8-18-20(15)26-22(30-18)28-13-11-27(12-14-28)10-9-25-21(29)19-16(23)6-4-7-17(19)24/h3-8H,2,9-14H2,1H3,(H,25,29). The number of benzene rings is 2. The van der Waals surface area contributed by atoms with E-state index in [1.807, 2.05) is 0 Å². The molecule has 0 unspecified atom stereocenters. The van der Waals surface area contributed by atoms with Crippen molar-refractivity contribution in [3.8, 4) is 0 Å². The monoisotopic (exact) mass is 430 g/mol. The van der Waals surface area contributed by atoms with Gasteiger partial charge in [-0.1, -0.05) is 36.5 Å². The molecular weight excluding hydrogens is 406 g/mol. The van der Waals surface area contributed by atoms with Gasteiger partial charge in [0.15, 0.2) is 5.13 Å². The molecule has 0 spiro atoms. The Bertz CT molecular complexity index is 1030. The molecule has 0 saturated carbocycles. The molecule has 4 rings (SSSR count). The molecule has 1 N–H and O–H groups in total. The summed E-state index contributed by atoms with van der Waals surface area (Å²) in [5, 5.41) is 3.67. The second kappa shape index (κ2) is 9.06. The summed E-state index contributed by atoms with van der Waals surface area (Å²) in [4.78, 5) is 21.5. The van der Waals surface area contributed by atoms with Crippen LogP contribution in [-0.4, -0.2) is 55.1 Å². The first kappa shape index (κ1) is 20.7. The van der Waals surface area contributed by atoms with Crippen molar-refractivity contribution >= 4 is 32.6 Å². The van der Waals surface area contributed by atoms with Crippen LogP contribution in [0.2, 0.25) is 0 Å². The minimum absolute atomic E-state index is 0.341. The number of hydrogen-bond acceptors (Lipinski definition) is 5. The first-order valence-corrected chi connectivity index (χ1v) is 11.0. The Morgan fingerprint density at radius 2 is 1.80 bits per heavy atom. The van der Waals surface area contributed by atoms with Crippen molar-refractivity contribution in [1.82, 2.24) is 15.2 Å². The minimum Gasteiger partial charge on any atom is -0.351 e. The molecule has 0 bridgehead atoms. The number of para-hydroxylation sites is 1. The Labute approximate surface area is 178 Å². The number of nitrogens with zero attached hydrogens (tertiary/aromatic N) is 3. The molecule has 2 aromatic carbocycles. The number of piperazine rings is 1. The van der Waals surface area contributed by atoms with E-state index in [0.29, 0.717) is 13.1 Å². The lowest BCUT2D eigenvalue weighted by Gasteiger charge is -2.34. The highest BCUT2D eigenvalue weighted by Gasteiger charge is 2.21. The largest absolute Gasteiger partial charge is 0.351 e. The number of aromatic nitrogens is 1. The van der Waals surface area contributed by atoms with Crippen LogP contribution in [0.4, 0.5) is 13.9 Å². The Hall–Kier alpha value is -2.58. The number of amides is 1. The lowest BCUT2D eigenvalue weighted by atomic mass is 10.1. The average molecular weight is 431 g/mol. The summed E-state index contributed by atoms with van der Waals surface area (Å²) in [7, 11) is 0. The third kappa shape index (κ3) is 4.29. The number of halogens is 2. The number of fused-ring (bicyclic) bond motifs is 1. The number of carbonyl (C=O) groups excluding carboxylic acids is 1. The van der Waals surface area contributed by atoms with Crippen LogP contribution in [0.5, 0.6) is 0 Å². The third-order valence-electron chi connectivity index (χ3n) is 5.42. The fourth-order valence-electron chi connectivity index (χ4n) is 3.71. The van der Waals surface area contributed by atoms with Gasteiger partial charge in [0.25, 0.3) is 5.91 Å². The van der Waals surface area contributed by atoms with E-state index in [4.69, 9.17) is 4.98 Å². The van der Waals surface area contributed by atoms with E-state index in [0.717, 1.165) is 55.4 Å². The summed E-state index contributed by atoms with van der Waals surface area (Å²) in [6.07, 6.45) is 0.969. The Morgan fingerprint density at radius 3 is 2.50 bits per heavy atom. The highest BCUT2D eigenvalue weighted by Crippen LogP contribution is 2.31. The lowest BCUT2D eigenvalue weighted by Crippen LogP contribution is -2.48. The molecule has 0 atom stereocenters. The predicted octanol–water partition coefficient (Wildman–Crippen LogP) is 3.69. The van der Waals surface area contributed by atoms with E-state index < -0.39 is 23.1 Å². The molecule has 1 fully saturated rings. The first-order valence-electron chi connectivity index (χ1n) is 10.1. The Balaban J connectivity index is 1.28. The molecule has 158 valence electrons. The highest BCUT2D eigenvalue weighted by molar-refractivity contribution is 7.22. The molecule has 1 aliphatic heterocycles. The van der Waals surface area contributed by atoms with Gasteiger partial charge < -0.3 is 10.2 Å². The van der Waals surface area contributed by atoms with Crippen LogP contribution in [0.3, 0.4) is 0 Å². The van der Waals surface area contributed by atoms with Crippen molar-refractivity contribution in [3.05, 3.63) is 59.2 Å². The van der Waals surface area contributed by atoms with Crippen molar-refractivity contribution in [2.24, 2.45) is 0 Å². The van der Waals surface area contributed by atoms with Crippen LogP contribution in [0.1, 0.15) is 22.8 Å². The van der Waals surface area contributed by atoms with Crippen LogP contribution < -0.4 is 10.2 Å². The van der Waals surface area contributed by atoms with Gasteiger partial charge in [-0.25, -0.2) is 13.8 Å². The zero-order chi connectivity index (χ0) is 21.1. The van der Waals surface area contributed by atoms with Crippen molar-refractivity contribution in [2.75, 3.05) is 44.2 Å². The molecular formula is C22H24F2N4OS. The summed E-state index contributed by atoms with van der Waals surface area (Å²) in [5.41, 5.74) is 1.85. The average Bonchev–Trinajstić information content (AvgIpc) is 3.18. The van der Waals surface area contributed by atoms with E-state index in [2.05, 4.69) is 40.2 Å². The third-order valence-corrected chi connectivity index (χ3v) is 6.50. The molecule has 1 amide bonds. The minimum atomic E-state index is -0.844. The van der Waals surface area contributed by atoms with Gasteiger partial charge in [0.2, 0.25) is 0 Å². The second-order valence-corrected chi connectivity index (χ2v) is 8.30. The molecule has 3 aromatic rings. The van der Waals surface area contributed by atoms with E-state index in [9.17, 15) is 13.6 Å². The molecule has 1 saturated heterocycles. The molecule has 1 aliphatic rings. The van der Waals surface area contributed by atoms with Gasteiger partial charge in [0.1, 0.15) is 17.2 Å². The van der Waals surface area contributed by atoms with Gasteiger partial charge in [-0.15, -0.1) is 0 Å². The summed E-state index contributed by atoms with van der Waals surface area (Å²) < 4.78 is 28.6. The van der Waals surface area contributed by atoms with Crippen molar-refractivity contribution in [3.63, 3.8) is 0 Å².